The van der Waals surface area contributed by atoms with Crippen molar-refractivity contribution in [2.24, 2.45) is 0 Å². The van der Waals surface area contributed by atoms with Crippen molar-refractivity contribution in [2.45, 2.75) is 62.2 Å². The smallest absolute Gasteiger partial charge is 0.418 e. The molecule has 0 radical (unpaired) electrons. The molecule has 1 amide bonds. The molecule has 51 heavy (non-hydrogen) atoms. The molecular weight excluding hydrogens is 702 g/mol. The Morgan fingerprint density at radius 2 is 2.00 bits per heavy atom. The summed E-state index contributed by atoms with van der Waals surface area (Å²) in [5.41, 5.74) is -3.05. The van der Waals surface area contributed by atoms with Gasteiger partial charge in [-0.2, -0.15) is 33.3 Å². The molecule has 1 aromatic carbocycles. The molecule has 3 fully saturated rings. The van der Waals surface area contributed by atoms with Gasteiger partial charge < -0.3 is 14.5 Å². The molecule has 7 rings (SSSR count). The van der Waals surface area contributed by atoms with Gasteiger partial charge in [0.1, 0.15) is 29.8 Å². The first-order valence-corrected chi connectivity index (χ1v) is 16.9. The summed E-state index contributed by atoms with van der Waals surface area (Å²) in [6.45, 7) is 1.34. The number of rotatable bonds is 9. The van der Waals surface area contributed by atoms with Gasteiger partial charge in [-0.25, -0.2) is 13.2 Å². The fourth-order valence-electron chi connectivity index (χ4n) is 7.54. The SMILES string of the molecule is CN(c1nc(OC[C@@]23CCCN2CC(F)C3)nc2c(F)c(-c3cccc(Cl)c3C(F)(F)F)ncc12)C1CCN(C(=O)C(F)Cc2cccnn2)C1. The molecule has 0 spiro atoms. The minimum absolute atomic E-state index is 0.0174. The monoisotopic (exact) mass is 734 g/mol. The van der Waals surface area contributed by atoms with Crippen LogP contribution in [0.4, 0.5) is 32.2 Å². The summed E-state index contributed by atoms with van der Waals surface area (Å²) in [6, 6.07) is 5.90. The highest BCUT2D eigenvalue weighted by molar-refractivity contribution is 6.31. The van der Waals surface area contributed by atoms with Crippen LogP contribution < -0.4 is 9.64 Å². The number of likely N-dealkylation sites (tertiary alicyclic amines) is 1. The van der Waals surface area contributed by atoms with Crippen molar-refractivity contribution in [1.29, 1.82) is 0 Å². The van der Waals surface area contributed by atoms with Crippen LogP contribution in [0.1, 0.15) is 36.9 Å². The van der Waals surface area contributed by atoms with E-state index in [4.69, 9.17) is 16.3 Å². The summed E-state index contributed by atoms with van der Waals surface area (Å²) in [5.74, 6) is -1.73. The van der Waals surface area contributed by atoms with Crippen LogP contribution in [0.25, 0.3) is 22.2 Å². The van der Waals surface area contributed by atoms with Crippen LogP contribution in [-0.2, 0) is 17.4 Å². The van der Waals surface area contributed by atoms with E-state index in [2.05, 4.69) is 25.1 Å². The molecule has 0 aliphatic carbocycles. The van der Waals surface area contributed by atoms with Crippen LogP contribution in [0, 0.1) is 5.82 Å². The average molecular weight is 735 g/mol. The minimum atomic E-state index is -4.91. The van der Waals surface area contributed by atoms with E-state index in [0.29, 0.717) is 25.1 Å². The van der Waals surface area contributed by atoms with E-state index in [0.717, 1.165) is 18.6 Å². The summed E-state index contributed by atoms with van der Waals surface area (Å²) in [5, 5.41) is 7.02. The largest absolute Gasteiger partial charge is 0.461 e. The first-order valence-electron chi connectivity index (χ1n) is 16.5. The minimum Gasteiger partial charge on any atom is -0.461 e. The van der Waals surface area contributed by atoms with E-state index in [1.807, 2.05) is 4.90 Å². The second kappa shape index (κ2) is 13.7. The number of halogens is 7. The molecule has 270 valence electrons. The maximum absolute atomic E-state index is 16.5. The number of aromatic nitrogens is 5. The predicted octanol–water partition coefficient (Wildman–Crippen LogP) is 5.87. The third-order valence-electron chi connectivity index (χ3n) is 10.1. The van der Waals surface area contributed by atoms with E-state index in [-0.39, 0.29) is 61.8 Å². The third-order valence-corrected chi connectivity index (χ3v) is 10.4. The second-order valence-electron chi connectivity index (χ2n) is 13.3. The Hall–Kier alpha value is -4.31. The van der Waals surface area contributed by atoms with Gasteiger partial charge in [0.15, 0.2) is 12.0 Å². The summed E-state index contributed by atoms with van der Waals surface area (Å²) < 4.78 is 94.4. The number of amides is 1. The summed E-state index contributed by atoms with van der Waals surface area (Å²) in [4.78, 5) is 31.1. The lowest BCUT2D eigenvalue weighted by molar-refractivity contribution is -0.137. The lowest BCUT2D eigenvalue weighted by Gasteiger charge is -2.31. The quantitative estimate of drug-likeness (QED) is 0.196. The Kier molecular flexibility index (Phi) is 9.41. The number of carbonyl (C=O) groups excluding carboxylic acids is 1. The molecule has 4 atom stereocenters. The van der Waals surface area contributed by atoms with Gasteiger partial charge in [0.05, 0.1) is 27.2 Å². The highest BCUT2D eigenvalue weighted by atomic mass is 35.5. The highest BCUT2D eigenvalue weighted by Gasteiger charge is 2.49. The lowest BCUT2D eigenvalue weighted by Crippen LogP contribution is -2.43. The van der Waals surface area contributed by atoms with Crippen LogP contribution in [0.5, 0.6) is 6.01 Å². The zero-order valence-corrected chi connectivity index (χ0v) is 28.1. The number of likely N-dealkylation sites (N-methyl/N-ethyl adjacent to an activating group) is 1. The number of pyridine rings is 1. The number of hydrogen-bond donors (Lipinski definition) is 0. The molecule has 10 nitrogen and oxygen atoms in total. The normalized spacial score (nSPS) is 22.8. The van der Waals surface area contributed by atoms with Gasteiger partial charge in [-0.05, 0) is 44.0 Å². The highest BCUT2D eigenvalue weighted by Crippen LogP contribution is 2.44. The molecule has 3 saturated heterocycles. The molecule has 17 heteroatoms. The number of anilines is 1. The average Bonchev–Trinajstić information content (AvgIpc) is 3.81. The van der Waals surface area contributed by atoms with Crippen molar-refractivity contribution < 1.29 is 35.9 Å². The van der Waals surface area contributed by atoms with Crippen LogP contribution in [0.3, 0.4) is 0 Å². The zero-order valence-electron chi connectivity index (χ0n) is 27.4. The molecule has 3 aromatic heterocycles. The first-order chi connectivity index (χ1) is 24.3. The second-order valence-corrected chi connectivity index (χ2v) is 13.7. The van der Waals surface area contributed by atoms with Crippen LogP contribution in [-0.4, -0.2) is 105 Å². The van der Waals surface area contributed by atoms with E-state index in [1.165, 1.54) is 23.4 Å². The van der Waals surface area contributed by atoms with Crippen LogP contribution in [0.15, 0.2) is 42.7 Å². The van der Waals surface area contributed by atoms with E-state index in [1.54, 1.807) is 24.1 Å². The Morgan fingerprint density at radius 1 is 1.18 bits per heavy atom. The number of carbonyl (C=O) groups is 1. The Bertz CT molecular complexity index is 1940. The molecule has 6 heterocycles. The molecule has 3 unspecified atom stereocenters. The Morgan fingerprint density at radius 3 is 2.76 bits per heavy atom. The number of hydrogen-bond acceptors (Lipinski definition) is 9. The number of alkyl halides is 5. The fourth-order valence-corrected chi connectivity index (χ4v) is 7.82. The topological polar surface area (TPSA) is 100 Å². The van der Waals surface area contributed by atoms with Crippen molar-refractivity contribution in [3.63, 3.8) is 0 Å². The number of nitrogens with zero attached hydrogens (tertiary/aromatic N) is 8. The third kappa shape index (κ3) is 6.75. The zero-order chi connectivity index (χ0) is 36.1. The van der Waals surface area contributed by atoms with Crippen LogP contribution >= 0.6 is 11.6 Å². The van der Waals surface area contributed by atoms with Crippen molar-refractivity contribution in [1.82, 2.24) is 34.9 Å². The Balaban J connectivity index is 1.23. The first kappa shape index (κ1) is 35.1. The van der Waals surface area contributed by atoms with Gasteiger partial charge in [0.2, 0.25) is 0 Å². The fraction of sp³-hybridized carbons (Fsp3) is 0.471. The standard InChI is InChI=1S/C34H33ClF6N8O2/c1-47(21-8-12-48(17-21)31(50)25(37)13-20-5-3-10-43-46-20)30-23-15-42-28(22-6-2-7-24(35)26(22)34(39,40)41)27(38)29(23)44-32(45-30)51-18-33-9-4-11-49(33)16-19(36)14-33/h2-3,5-7,10,15,19,21,25H,4,8-9,11-14,16-18H2,1H3/t19?,21?,25?,33-/m0/s1. The van der Waals surface area contributed by atoms with Gasteiger partial charge in [-0.15, -0.1) is 0 Å². The van der Waals surface area contributed by atoms with Gasteiger partial charge >= 0.3 is 12.2 Å². The number of benzene rings is 1. The van der Waals surface area contributed by atoms with E-state index < -0.39 is 63.7 Å². The van der Waals surface area contributed by atoms with Gasteiger partial charge in [0, 0.05) is 63.5 Å². The number of ether oxygens (including phenoxy) is 1. The number of fused-ring (bicyclic) bond motifs is 2. The molecule has 0 bridgehead atoms. The predicted molar refractivity (Wildman–Crippen MR) is 175 cm³/mol. The maximum atomic E-state index is 16.5. The molecule has 0 saturated carbocycles. The molecule has 0 N–H and O–H groups in total. The van der Waals surface area contributed by atoms with Crippen molar-refractivity contribution in [2.75, 3.05) is 44.7 Å². The maximum Gasteiger partial charge on any atom is 0.418 e. The van der Waals surface area contributed by atoms with Gasteiger partial charge in [-0.3, -0.25) is 14.7 Å². The summed E-state index contributed by atoms with van der Waals surface area (Å²) >= 11 is 5.94. The molecule has 3 aliphatic heterocycles. The van der Waals surface area contributed by atoms with Crippen molar-refractivity contribution >= 4 is 34.2 Å². The Labute approximate surface area is 293 Å². The summed E-state index contributed by atoms with van der Waals surface area (Å²) in [6.07, 6.45) is -3.20. The molecule has 4 aromatic rings. The van der Waals surface area contributed by atoms with E-state index in [9.17, 15) is 22.4 Å². The van der Waals surface area contributed by atoms with Gasteiger partial charge in [0.25, 0.3) is 5.91 Å². The van der Waals surface area contributed by atoms with Crippen LogP contribution in [0.2, 0.25) is 5.02 Å². The molecular formula is C34H33ClF6N8O2. The van der Waals surface area contributed by atoms with Crippen molar-refractivity contribution in [3.8, 4) is 17.3 Å². The lowest BCUT2D eigenvalue weighted by atomic mass is 9.95. The summed E-state index contributed by atoms with van der Waals surface area (Å²) in [7, 11) is 1.66. The molecule has 3 aliphatic rings. The van der Waals surface area contributed by atoms with Crippen molar-refractivity contribution in [3.05, 3.63) is 64.8 Å². The van der Waals surface area contributed by atoms with E-state index >= 15 is 8.78 Å². The van der Waals surface area contributed by atoms with Gasteiger partial charge in [-0.1, -0.05) is 23.7 Å².